The Morgan fingerprint density at radius 1 is 1.40 bits per heavy atom. The summed E-state index contributed by atoms with van der Waals surface area (Å²) in [4.78, 5) is 13.5. The highest BCUT2D eigenvalue weighted by molar-refractivity contribution is 5.79. The minimum atomic E-state index is 0.220. The van der Waals surface area contributed by atoms with Gasteiger partial charge in [0.25, 0.3) is 0 Å². The molecule has 0 bridgehead atoms. The molecule has 1 saturated heterocycles. The number of hydrogen-bond donors (Lipinski definition) is 0. The molecule has 1 amide bonds. The molecule has 0 spiro atoms. The number of likely N-dealkylation sites (tertiary alicyclic amines) is 1. The van der Waals surface area contributed by atoms with Crippen LogP contribution in [0.3, 0.4) is 0 Å². The minimum absolute atomic E-state index is 0.220. The zero-order valence-corrected chi connectivity index (χ0v) is 8.73. The monoisotopic (exact) mass is 201 g/mol. The molecule has 0 aliphatic carbocycles. The molecule has 0 N–H and O–H groups in total. The largest absolute Gasteiger partial charge is 0.332 e. The Morgan fingerprint density at radius 2 is 2.13 bits per heavy atom. The van der Waals surface area contributed by atoms with E-state index >= 15 is 0 Å². The van der Waals surface area contributed by atoms with Crippen molar-refractivity contribution in [2.24, 2.45) is 0 Å². The summed E-state index contributed by atoms with van der Waals surface area (Å²) in [5.41, 5.74) is 1.18. The summed E-state index contributed by atoms with van der Waals surface area (Å²) in [5, 5.41) is 0. The van der Waals surface area contributed by atoms with E-state index in [4.69, 9.17) is 0 Å². The summed E-state index contributed by atoms with van der Waals surface area (Å²) in [5.74, 6) is 0.240. The van der Waals surface area contributed by atoms with Crippen LogP contribution in [0.5, 0.6) is 0 Å². The molecule has 1 aliphatic heterocycles. The average molecular weight is 201 g/mol. The second-order valence-corrected chi connectivity index (χ2v) is 3.85. The third kappa shape index (κ3) is 2.09. The van der Waals surface area contributed by atoms with E-state index in [-0.39, 0.29) is 11.9 Å². The third-order valence-corrected chi connectivity index (χ3v) is 2.84. The fraction of sp³-hybridized carbons (Fsp3) is 0.308. The first kappa shape index (κ1) is 9.97. The number of nitrogens with zero attached hydrogens (tertiary/aromatic N) is 1. The van der Waals surface area contributed by atoms with E-state index in [1.165, 1.54) is 5.56 Å². The highest BCUT2D eigenvalue weighted by Gasteiger charge is 2.28. The zero-order valence-electron chi connectivity index (χ0n) is 8.73. The highest BCUT2D eigenvalue weighted by Crippen LogP contribution is 2.21. The molecule has 1 fully saturated rings. The smallest absolute Gasteiger partial charge is 0.223 e. The van der Waals surface area contributed by atoms with Crippen molar-refractivity contribution >= 4 is 5.91 Å². The number of rotatable bonds is 3. The predicted octanol–water partition coefficient (Wildman–Crippen LogP) is 2.36. The van der Waals surface area contributed by atoms with Crippen LogP contribution in [0, 0.1) is 0 Å². The van der Waals surface area contributed by atoms with E-state index in [0.717, 1.165) is 6.42 Å². The van der Waals surface area contributed by atoms with Crippen molar-refractivity contribution in [3.05, 3.63) is 48.6 Å². The van der Waals surface area contributed by atoms with Gasteiger partial charge in [0.1, 0.15) is 0 Å². The fourth-order valence-corrected chi connectivity index (χ4v) is 1.99. The molecule has 2 nitrogen and oxygen atoms in total. The first-order valence-electron chi connectivity index (χ1n) is 5.27. The molecular formula is C13H15NO. The maximum absolute atomic E-state index is 11.6. The van der Waals surface area contributed by atoms with Crippen molar-refractivity contribution in [3.63, 3.8) is 0 Å². The molecule has 1 unspecified atom stereocenters. The van der Waals surface area contributed by atoms with Crippen LogP contribution in [0.15, 0.2) is 43.0 Å². The summed E-state index contributed by atoms with van der Waals surface area (Å²) >= 11 is 0. The molecule has 0 saturated carbocycles. The zero-order chi connectivity index (χ0) is 10.7. The van der Waals surface area contributed by atoms with Crippen LogP contribution in [-0.2, 0) is 11.3 Å². The lowest BCUT2D eigenvalue weighted by Gasteiger charge is -2.22. The van der Waals surface area contributed by atoms with Crippen LogP contribution >= 0.6 is 0 Å². The molecule has 2 rings (SSSR count). The van der Waals surface area contributed by atoms with Crippen LogP contribution in [0.2, 0.25) is 0 Å². The fourth-order valence-electron chi connectivity index (χ4n) is 1.99. The maximum Gasteiger partial charge on any atom is 0.223 e. The van der Waals surface area contributed by atoms with Crippen LogP contribution in [0.25, 0.3) is 0 Å². The van der Waals surface area contributed by atoms with E-state index < -0.39 is 0 Å². The highest BCUT2D eigenvalue weighted by atomic mass is 16.2. The number of carbonyl (C=O) groups is 1. The number of benzene rings is 1. The quantitative estimate of drug-likeness (QED) is 0.687. The molecule has 2 heteroatoms. The molecule has 15 heavy (non-hydrogen) atoms. The van der Waals surface area contributed by atoms with E-state index in [0.29, 0.717) is 13.0 Å². The lowest BCUT2D eigenvalue weighted by Crippen LogP contribution is -2.30. The minimum Gasteiger partial charge on any atom is -0.332 e. The molecule has 0 radical (unpaired) electrons. The summed E-state index contributed by atoms with van der Waals surface area (Å²) in [6, 6.07) is 10.3. The average Bonchev–Trinajstić information content (AvgIpc) is 2.62. The van der Waals surface area contributed by atoms with Gasteiger partial charge in [-0.25, -0.2) is 0 Å². The molecule has 1 aromatic rings. The lowest BCUT2D eigenvalue weighted by molar-refractivity contribution is -0.129. The van der Waals surface area contributed by atoms with Gasteiger partial charge in [0.2, 0.25) is 5.91 Å². The lowest BCUT2D eigenvalue weighted by atomic mass is 10.2. The van der Waals surface area contributed by atoms with Crippen molar-refractivity contribution in [2.45, 2.75) is 25.4 Å². The van der Waals surface area contributed by atoms with Crippen LogP contribution in [-0.4, -0.2) is 16.8 Å². The van der Waals surface area contributed by atoms with E-state index in [9.17, 15) is 4.79 Å². The maximum atomic E-state index is 11.6. The Kier molecular flexibility index (Phi) is 2.86. The summed E-state index contributed by atoms with van der Waals surface area (Å²) < 4.78 is 0. The van der Waals surface area contributed by atoms with Crippen molar-refractivity contribution in [3.8, 4) is 0 Å². The van der Waals surface area contributed by atoms with Gasteiger partial charge in [-0.3, -0.25) is 4.79 Å². The van der Waals surface area contributed by atoms with Crippen molar-refractivity contribution < 1.29 is 4.79 Å². The molecule has 1 aliphatic rings. The van der Waals surface area contributed by atoms with Gasteiger partial charge in [-0.05, 0) is 12.0 Å². The standard InChI is InChI=1S/C13H15NO/c1-2-12-8-9-13(15)14(12)10-11-6-4-3-5-7-11/h2-7,12H,1,8-10H2. The molecule has 1 aromatic carbocycles. The summed E-state index contributed by atoms with van der Waals surface area (Å²) in [6.45, 7) is 4.48. The second-order valence-electron chi connectivity index (χ2n) is 3.85. The molecule has 1 heterocycles. The van der Waals surface area contributed by atoms with Gasteiger partial charge in [-0.15, -0.1) is 6.58 Å². The predicted molar refractivity (Wildman–Crippen MR) is 60.2 cm³/mol. The number of amides is 1. The molecule has 78 valence electrons. The van der Waals surface area contributed by atoms with Crippen LogP contribution < -0.4 is 0 Å². The van der Waals surface area contributed by atoms with Crippen LogP contribution in [0.1, 0.15) is 18.4 Å². The SMILES string of the molecule is C=CC1CCC(=O)N1Cc1ccccc1. The Hall–Kier alpha value is -1.57. The van der Waals surface area contributed by atoms with Gasteiger partial charge in [0, 0.05) is 13.0 Å². The number of hydrogen-bond acceptors (Lipinski definition) is 1. The molecule has 0 aromatic heterocycles. The summed E-state index contributed by atoms with van der Waals surface area (Å²) in [7, 11) is 0. The van der Waals surface area contributed by atoms with Gasteiger partial charge in [0.15, 0.2) is 0 Å². The van der Waals surface area contributed by atoms with Crippen molar-refractivity contribution in [2.75, 3.05) is 0 Å². The van der Waals surface area contributed by atoms with E-state index in [2.05, 4.69) is 6.58 Å². The van der Waals surface area contributed by atoms with Crippen LogP contribution in [0.4, 0.5) is 0 Å². The number of carbonyl (C=O) groups excluding carboxylic acids is 1. The first-order chi connectivity index (χ1) is 7.31. The Labute approximate surface area is 90.2 Å². The molecular weight excluding hydrogens is 186 g/mol. The van der Waals surface area contributed by atoms with Gasteiger partial charge >= 0.3 is 0 Å². The van der Waals surface area contributed by atoms with Crippen molar-refractivity contribution in [1.82, 2.24) is 4.90 Å². The Bertz CT molecular complexity index is 358. The Balaban J connectivity index is 2.10. The van der Waals surface area contributed by atoms with Crippen molar-refractivity contribution in [1.29, 1.82) is 0 Å². The van der Waals surface area contributed by atoms with E-state index in [1.54, 1.807) is 0 Å². The van der Waals surface area contributed by atoms with Gasteiger partial charge in [-0.1, -0.05) is 36.4 Å². The third-order valence-electron chi connectivity index (χ3n) is 2.84. The van der Waals surface area contributed by atoms with Gasteiger partial charge in [0.05, 0.1) is 6.04 Å². The van der Waals surface area contributed by atoms with E-state index in [1.807, 2.05) is 41.3 Å². The van der Waals surface area contributed by atoms with Gasteiger partial charge < -0.3 is 4.90 Å². The molecule has 1 atom stereocenters. The first-order valence-corrected chi connectivity index (χ1v) is 5.27. The normalized spacial score (nSPS) is 20.7. The summed E-state index contributed by atoms with van der Waals surface area (Å²) in [6.07, 6.45) is 3.44. The van der Waals surface area contributed by atoms with Gasteiger partial charge in [-0.2, -0.15) is 0 Å². The topological polar surface area (TPSA) is 20.3 Å². The Morgan fingerprint density at radius 3 is 2.80 bits per heavy atom. The second kappa shape index (κ2) is 4.30.